The van der Waals surface area contributed by atoms with E-state index in [1.807, 2.05) is 30.3 Å². The van der Waals surface area contributed by atoms with Gasteiger partial charge in [0, 0.05) is 36.2 Å². The molecule has 110 valence electrons. The van der Waals surface area contributed by atoms with Crippen molar-refractivity contribution in [2.24, 2.45) is 0 Å². The summed E-state index contributed by atoms with van der Waals surface area (Å²) in [6.07, 6.45) is 0. The molecule has 0 radical (unpaired) electrons. The minimum absolute atomic E-state index is 0.585. The summed E-state index contributed by atoms with van der Waals surface area (Å²) >= 11 is 4.34. The van der Waals surface area contributed by atoms with Crippen molar-refractivity contribution in [2.45, 2.75) is 5.75 Å². The van der Waals surface area contributed by atoms with Gasteiger partial charge in [-0.1, -0.05) is 0 Å². The number of nitrogens with two attached hydrogens (primary N) is 1. The highest BCUT2D eigenvalue weighted by Gasteiger charge is 2.15. The van der Waals surface area contributed by atoms with E-state index in [9.17, 15) is 0 Å². The van der Waals surface area contributed by atoms with E-state index in [0.717, 1.165) is 49.1 Å². The van der Waals surface area contributed by atoms with Crippen molar-refractivity contribution < 1.29 is 4.74 Å². The number of morpholine rings is 1. The summed E-state index contributed by atoms with van der Waals surface area (Å²) < 4.78 is 5.39. The molecule has 2 heterocycles. The lowest BCUT2D eigenvalue weighted by molar-refractivity contribution is 0.122. The molecule has 1 aliphatic rings. The standard InChI is InChI=1S/C15H18N4OS/c16-12-3-1-11(2-4-12)15-17-13(10-21)9-14(18-15)19-5-7-20-8-6-19/h1-4,9,21H,5-8,10,16H2. The molecule has 0 spiro atoms. The van der Waals surface area contributed by atoms with Gasteiger partial charge in [-0.15, -0.1) is 0 Å². The van der Waals surface area contributed by atoms with Gasteiger partial charge in [-0.05, 0) is 24.3 Å². The lowest BCUT2D eigenvalue weighted by Crippen LogP contribution is -2.37. The second-order valence-electron chi connectivity index (χ2n) is 4.92. The Labute approximate surface area is 129 Å². The summed E-state index contributed by atoms with van der Waals surface area (Å²) in [7, 11) is 0. The lowest BCUT2D eigenvalue weighted by Gasteiger charge is -2.28. The second kappa shape index (κ2) is 6.32. The first-order valence-corrected chi connectivity index (χ1v) is 7.57. The molecule has 5 nitrogen and oxygen atoms in total. The maximum Gasteiger partial charge on any atom is 0.161 e. The third kappa shape index (κ3) is 3.28. The molecule has 0 amide bonds. The minimum atomic E-state index is 0.585. The third-order valence-electron chi connectivity index (χ3n) is 3.43. The lowest BCUT2D eigenvalue weighted by atomic mass is 10.2. The Bertz CT molecular complexity index is 612. The van der Waals surface area contributed by atoms with E-state index in [4.69, 9.17) is 10.5 Å². The zero-order valence-electron chi connectivity index (χ0n) is 11.7. The van der Waals surface area contributed by atoms with Crippen LogP contribution in [0.25, 0.3) is 11.4 Å². The molecule has 0 aliphatic carbocycles. The number of thiol groups is 1. The van der Waals surface area contributed by atoms with E-state index in [-0.39, 0.29) is 0 Å². The number of rotatable bonds is 3. The average molecular weight is 302 g/mol. The molecule has 1 aromatic carbocycles. The van der Waals surface area contributed by atoms with Crippen LogP contribution in [0, 0.1) is 0 Å². The van der Waals surface area contributed by atoms with Crippen LogP contribution >= 0.6 is 12.6 Å². The Kier molecular flexibility index (Phi) is 4.26. The Morgan fingerprint density at radius 1 is 1.14 bits per heavy atom. The number of anilines is 2. The van der Waals surface area contributed by atoms with E-state index in [1.54, 1.807) is 0 Å². The van der Waals surface area contributed by atoms with Crippen LogP contribution in [0.15, 0.2) is 30.3 Å². The van der Waals surface area contributed by atoms with Gasteiger partial charge in [-0.3, -0.25) is 0 Å². The molecule has 6 heteroatoms. The van der Waals surface area contributed by atoms with Crippen LogP contribution in [0.1, 0.15) is 5.69 Å². The Morgan fingerprint density at radius 2 is 1.86 bits per heavy atom. The smallest absolute Gasteiger partial charge is 0.161 e. The predicted molar refractivity (Wildman–Crippen MR) is 87.6 cm³/mol. The van der Waals surface area contributed by atoms with Crippen molar-refractivity contribution in [3.05, 3.63) is 36.0 Å². The summed E-state index contributed by atoms with van der Waals surface area (Å²) in [6.45, 7) is 3.17. The van der Waals surface area contributed by atoms with Crippen LogP contribution in [0.5, 0.6) is 0 Å². The molecule has 1 fully saturated rings. The molecule has 0 saturated carbocycles. The predicted octanol–water partition coefficient (Wildman–Crippen LogP) is 1.99. The highest BCUT2D eigenvalue weighted by molar-refractivity contribution is 7.79. The highest BCUT2D eigenvalue weighted by Crippen LogP contribution is 2.22. The molecule has 1 saturated heterocycles. The number of nitrogens with zero attached hydrogens (tertiary/aromatic N) is 3. The SMILES string of the molecule is Nc1ccc(-c2nc(CS)cc(N3CCOCC3)n2)cc1. The highest BCUT2D eigenvalue weighted by atomic mass is 32.1. The topological polar surface area (TPSA) is 64.3 Å². The zero-order valence-corrected chi connectivity index (χ0v) is 12.6. The van der Waals surface area contributed by atoms with Gasteiger partial charge in [-0.2, -0.15) is 12.6 Å². The van der Waals surface area contributed by atoms with Crippen LogP contribution in [0.3, 0.4) is 0 Å². The van der Waals surface area contributed by atoms with Gasteiger partial charge in [-0.25, -0.2) is 9.97 Å². The molecular formula is C15H18N4OS. The maximum absolute atomic E-state index is 5.73. The molecule has 3 rings (SSSR count). The molecule has 2 aromatic rings. The van der Waals surface area contributed by atoms with Crippen molar-refractivity contribution in [1.82, 2.24) is 9.97 Å². The van der Waals surface area contributed by atoms with Gasteiger partial charge in [0.05, 0.1) is 18.9 Å². The van der Waals surface area contributed by atoms with E-state index in [1.165, 1.54) is 0 Å². The average Bonchev–Trinajstić information content (AvgIpc) is 2.56. The minimum Gasteiger partial charge on any atom is -0.399 e. The van der Waals surface area contributed by atoms with Crippen LogP contribution in [-0.4, -0.2) is 36.3 Å². The third-order valence-corrected chi connectivity index (χ3v) is 3.76. The first-order valence-electron chi connectivity index (χ1n) is 6.94. The van der Waals surface area contributed by atoms with Crippen LogP contribution in [-0.2, 0) is 10.5 Å². The van der Waals surface area contributed by atoms with E-state index in [2.05, 4.69) is 27.5 Å². The van der Waals surface area contributed by atoms with Crippen LogP contribution in [0.2, 0.25) is 0 Å². The Hall–Kier alpha value is -1.79. The molecule has 21 heavy (non-hydrogen) atoms. The summed E-state index contributed by atoms with van der Waals surface area (Å²) in [6, 6.07) is 9.60. The zero-order chi connectivity index (χ0) is 14.7. The maximum atomic E-state index is 5.73. The molecule has 0 atom stereocenters. The number of hydrogen-bond donors (Lipinski definition) is 2. The van der Waals surface area contributed by atoms with Gasteiger partial charge in [0.15, 0.2) is 5.82 Å². The molecule has 1 aliphatic heterocycles. The molecular weight excluding hydrogens is 284 g/mol. The fraction of sp³-hybridized carbons (Fsp3) is 0.333. The summed E-state index contributed by atoms with van der Waals surface area (Å²) in [5, 5.41) is 0. The number of nitrogen functional groups attached to an aromatic ring is 1. The summed E-state index contributed by atoms with van der Waals surface area (Å²) in [5.41, 5.74) is 8.34. The van der Waals surface area contributed by atoms with Gasteiger partial charge in [0.1, 0.15) is 5.82 Å². The van der Waals surface area contributed by atoms with E-state index in [0.29, 0.717) is 11.6 Å². The van der Waals surface area contributed by atoms with Crippen molar-refractivity contribution in [1.29, 1.82) is 0 Å². The largest absolute Gasteiger partial charge is 0.399 e. The molecule has 0 bridgehead atoms. The Balaban J connectivity index is 1.98. The van der Waals surface area contributed by atoms with Crippen molar-refractivity contribution >= 4 is 24.1 Å². The summed E-state index contributed by atoms with van der Waals surface area (Å²) in [5.74, 6) is 2.23. The normalized spacial score (nSPS) is 15.2. The van der Waals surface area contributed by atoms with E-state index >= 15 is 0 Å². The fourth-order valence-electron chi connectivity index (χ4n) is 2.28. The number of hydrogen-bond acceptors (Lipinski definition) is 6. The first kappa shape index (κ1) is 14.2. The van der Waals surface area contributed by atoms with Crippen LogP contribution in [0.4, 0.5) is 11.5 Å². The Morgan fingerprint density at radius 3 is 2.52 bits per heavy atom. The molecule has 2 N–H and O–H groups in total. The van der Waals surface area contributed by atoms with Crippen LogP contribution < -0.4 is 10.6 Å². The second-order valence-corrected chi connectivity index (χ2v) is 5.24. The van der Waals surface area contributed by atoms with Crippen molar-refractivity contribution in [3.63, 3.8) is 0 Å². The van der Waals surface area contributed by atoms with E-state index < -0.39 is 0 Å². The number of ether oxygens (including phenoxy) is 1. The number of aromatic nitrogens is 2. The number of benzene rings is 1. The summed E-state index contributed by atoms with van der Waals surface area (Å²) in [4.78, 5) is 11.5. The quantitative estimate of drug-likeness (QED) is 0.670. The van der Waals surface area contributed by atoms with Gasteiger partial charge >= 0.3 is 0 Å². The van der Waals surface area contributed by atoms with Gasteiger partial charge in [0.2, 0.25) is 0 Å². The first-order chi connectivity index (χ1) is 10.3. The van der Waals surface area contributed by atoms with Crippen molar-refractivity contribution in [3.8, 4) is 11.4 Å². The molecule has 1 aromatic heterocycles. The fourth-order valence-corrected chi connectivity index (χ4v) is 2.44. The van der Waals surface area contributed by atoms with Gasteiger partial charge in [0.25, 0.3) is 0 Å². The van der Waals surface area contributed by atoms with Gasteiger partial charge < -0.3 is 15.4 Å². The monoisotopic (exact) mass is 302 g/mol. The van der Waals surface area contributed by atoms with Crippen molar-refractivity contribution in [2.75, 3.05) is 36.9 Å². The molecule has 0 unspecified atom stereocenters.